The first kappa shape index (κ1) is 10.4. The quantitative estimate of drug-likeness (QED) is 0.837. The lowest BCUT2D eigenvalue weighted by Gasteiger charge is -2.09. The lowest BCUT2D eigenvalue weighted by molar-refractivity contribution is -0.138. The monoisotopic (exact) mass is 224 g/mol. The zero-order chi connectivity index (χ0) is 11.0. The van der Waals surface area contributed by atoms with Crippen molar-refractivity contribution in [3.63, 3.8) is 0 Å². The number of carbonyl (C=O) groups is 1. The predicted molar refractivity (Wildman–Crippen MR) is 58.7 cm³/mol. The second-order valence-electron chi connectivity index (χ2n) is 3.52. The normalized spacial score (nSPS) is 23.6. The molecule has 0 aromatic heterocycles. The Labute approximate surface area is 92.4 Å². The first-order chi connectivity index (χ1) is 7.15. The molecule has 0 fully saturated rings. The summed E-state index contributed by atoms with van der Waals surface area (Å²) in [5.74, 6) is -0.407. The molecule has 15 heavy (non-hydrogen) atoms. The molecule has 1 N–H and O–H groups in total. The van der Waals surface area contributed by atoms with Gasteiger partial charge in [0.15, 0.2) is 0 Å². The van der Waals surface area contributed by atoms with E-state index in [9.17, 15) is 4.79 Å². The van der Waals surface area contributed by atoms with Crippen molar-refractivity contribution in [2.24, 2.45) is 0 Å². The molecule has 80 valence electrons. The second-order valence-corrected chi connectivity index (χ2v) is 4.91. The summed E-state index contributed by atoms with van der Waals surface area (Å²) < 4.78 is 5.22. The maximum atomic E-state index is 11.1. The summed E-state index contributed by atoms with van der Waals surface area (Å²) >= 11 is 1.57. The second kappa shape index (κ2) is 3.77. The molecule has 0 saturated heterocycles. The number of hydrogen-bond donors (Lipinski definition) is 1. The Morgan fingerprint density at radius 2 is 2.27 bits per heavy atom. The number of benzene rings is 1. The van der Waals surface area contributed by atoms with Crippen molar-refractivity contribution in [1.29, 1.82) is 0 Å². The van der Waals surface area contributed by atoms with Crippen LogP contribution in [-0.2, 0) is 4.79 Å². The minimum Gasteiger partial charge on any atom is -0.496 e. The molecule has 0 saturated carbocycles. The predicted octanol–water partition coefficient (Wildman–Crippen LogP) is 2.36. The third-order valence-corrected chi connectivity index (χ3v) is 3.92. The van der Waals surface area contributed by atoms with E-state index >= 15 is 0 Å². The van der Waals surface area contributed by atoms with E-state index in [1.165, 1.54) is 0 Å². The molecule has 2 atom stereocenters. The van der Waals surface area contributed by atoms with Crippen molar-refractivity contribution in [3.8, 4) is 5.75 Å². The molecule has 0 bridgehead atoms. The van der Waals surface area contributed by atoms with Gasteiger partial charge >= 0.3 is 5.97 Å². The van der Waals surface area contributed by atoms with Crippen LogP contribution in [0.4, 0.5) is 0 Å². The Bertz CT molecular complexity index is 403. The highest BCUT2D eigenvalue weighted by Gasteiger charge is 2.37. The molecule has 0 spiro atoms. The van der Waals surface area contributed by atoms with Gasteiger partial charge in [0.25, 0.3) is 0 Å². The number of carboxylic acids is 1. The van der Waals surface area contributed by atoms with Crippen LogP contribution >= 0.6 is 11.8 Å². The number of rotatable bonds is 2. The minimum atomic E-state index is -0.762. The van der Waals surface area contributed by atoms with Gasteiger partial charge in [-0.3, -0.25) is 4.79 Å². The third-order valence-electron chi connectivity index (χ3n) is 2.60. The van der Waals surface area contributed by atoms with E-state index in [0.717, 1.165) is 16.2 Å². The molecule has 1 aliphatic rings. The maximum Gasteiger partial charge on any atom is 0.312 e. The number of thioether (sulfide) groups is 1. The van der Waals surface area contributed by atoms with E-state index < -0.39 is 11.9 Å². The summed E-state index contributed by atoms with van der Waals surface area (Å²) in [6.45, 7) is 1.93. The lowest BCUT2D eigenvalue weighted by atomic mass is 9.96. The molecule has 0 aliphatic carbocycles. The summed E-state index contributed by atoms with van der Waals surface area (Å²) in [5.41, 5.74) is 0.874. The summed E-state index contributed by atoms with van der Waals surface area (Å²) in [6.07, 6.45) is 0. The molecule has 2 unspecified atom stereocenters. The molecule has 2 rings (SSSR count). The van der Waals surface area contributed by atoms with Gasteiger partial charge in [-0.2, -0.15) is 0 Å². The standard InChI is InChI=1S/C11H12O3S/c1-6-9(11(12)13)7-4-3-5-8(14-2)10(7)15-6/h3-6,9H,1-2H3,(H,12,13). The van der Waals surface area contributed by atoms with Gasteiger partial charge in [-0.05, 0) is 11.6 Å². The van der Waals surface area contributed by atoms with Crippen LogP contribution in [0.15, 0.2) is 23.1 Å². The molecule has 1 aromatic rings. The maximum absolute atomic E-state index is 11.1. The number of aliphatic carboxylic acids is 1. The zero-order valence-corrected chi connectivity index (χ0v) is 9.38. The average molecular weight is 224 g/mol. The van der Waals surface area contributed by atoms with Crippen molar-refractivity contribution in [3.05, 3.63) is 23.8 Å². The molecule has 1 heterocycles. The molecule has 4 heteroatoms. The smallest absolute Gasteiger partial charge is 0.312 e. The molecule has 1 aromatic carbocycles. The van der Waals surface area contributed by atoms with E-state index in [-0.39, 0.29) is 5.25 Å². The van der Waals surface area contributed by atoms with Crippen molar-refractivity contribution in [2.45, 2.75) is 23.0 Å². The molecule has 0 radical (unpaired) electrons. The van der Waals surface area contributed by atoms with Gasteiger partial charge in [0, 0.05) is 5.25 Å². The van der Waals surface area contributed by atoms with Crippen LogP contribution in [0.1, 0.15) is 18.4 Å². The molecule has 0 amide bonds. The first-order valence-corrected chi connectivity index (χ1v) is 5.59. The van der Waals surface area contributed by atoms with Crippen LogP contribution in [0.2, 0.25) is 0 Å². The fourth-order valence-electron chi connectivity index (χ4n) is 1.91. The zero-order valence-electron chi connectivity index (χ0n) is 8.56. The van der Waals surface area contributed by atoms with Crippen molar-refractivity contribution < 1.29 is 14.6 Å². The van der Waals surface area contributed by atoms with E-state index in [0.29, 0.717) is 0 Å². The molecular weight excluding hydrogens is 212 g/mol. The number of carboxylic acid groups (broad SMARTS) is 1. The Hall–Kier alpha value is -1.16. The van der Waals surface area contributed by atoms with Gasteiger partial charge in [-0.25, -0.2) is 0 Å². The van der Waals surface area contributed by atoms with E-state index in [2.05, 4.69) is 0 Å². The van der Waals surface area contributed by atoms with Crippen LogP contribution in [0.5, 0.6) is 5.75 Å². The van der Waals surface area contributed by atoms with Gasteiger partial charge in [0.2, 0.25) is 0 Å². The number of fused-ring (bicyclic) bond motifs is 1. The summed E-state index contributed by atoms with van der Waals surface area (Å²) in [5, 5.41) is 9.20. The van der Waals surface area contributed by atoms with Gasteiger partial charge in [-0.1, -0.05) is 19.1 Å². The number of ether oxygens (including phenoxy) is 1. The van der Waals surface area contributed by atoms with Gasteiger partial charge in [-0.15, -0.1) is 11.8 Å². The summed E-state index contributed by atoms with van der Waals surface area (Å²) in [7, 11) is 1.61. The van der Waals surface area contributed by atoms with Crippen molar-refractivity contribution in [2.75, 3.05) is 7.11 Å². The highest BCUT2D eigenvalue weighted by Crippen LogP contribution is 2.49. The van der Waals surface area contributed by atoms with E-state index in [1.54, 1.807) is 18.9 Å². The fourth-order valence-corrected chi connectivity index (χ4v) is 3.27. The Morgan fingerprint density at radius 3 is 2.87 bits per heavy atom. The van der Waals surface area contributed by atoms with E-state index in [1.807, 2.05) is 25.1 Å². The van der Waals surface area contributed by atoms with Crippen LogP contribution in [0, 0.1) is 0 Å². The average Bonchev–Trinajstić information content (AvgIpc) is 2.53. The number of methoxy groups -OCH3 is 1. The molecular formula is C11H12O3S. The third kappa shape index (κ3) is 1.59. The molecule has 3 nitrogen and oxygen atoms in total. The first-order valence-electron chi connectivity index (χ1n) is 4.71. The highest BCUT2D eigenvalue weighted by atomic mass is 32.2. The minimum absolute atomic E-state index is 0.0637. The Kier molecular flexibility index (Phi) is 2.61. The van der Waals surface area contributed by atoms with Crippen molar-refractivity contribution in [1.82, 2.24) is 0 Å². The fraction of sp³-hybridized carbons (Fsp3) is 0.364. The van der Waals surface area contributed by atoms with Gasteiger partial charge in [0.1, 0.15) is 5.75 Å². The van der Waals surface area contributed by atoms with Crippen molar-refractivity contribution >= 4 is 17.7 Å². The lowest BCUT2D eigenvalue weighted by Crippen LogP contribution is -2.16. The summed E-state index contributed by atoms with van der Waals surface area (Å²) in [4.78, 5) is 12.1. The van der Waals surface area contributed by atoms with E-state index in [4.69, 9.17) is 9.84 Å². The Morgan fingerprint density at radius 1 is 1.53 bits per heavy atom. The van der Waals surface area contributed by atoms with Crippen LogP contribution in [0.25, 0.3) is 0 Å². The molecule has 1 aliphatic heterocycles. The van der Waals surface area contributed by atoms with Crippen LogP contribution in [0.3, 0.4) is 0 Å². The van der Waals surface area contributed by atoms with Crippen LogP contribution in [-0.4, -0.2) is 23.4 Å². The van der Waals surface area contributed by atoms with Crippen LogP contribution < -0.4 is 4.74 Å². The van der Waals surface area contributed by atoms with Gasteiger partial charge < -0.3 is 9.84 Å². The largest absolute Gasteiger partial charge is 0.496 e. The summed E-state index contributed by atoms with van der Waals surface area (Å²) in [6, 6.07) is 5.57. The van der Waals surface area contributed by atoms with Gasteiger partial charge in [0.05, 0.1) is 17.9 Å². The highest BCUT2D eigenvalue weighted by molar-refractivity contribution is 8.00. The number of hydrogen-bond acceptors (Lipinski definition) is 3. The Balaban J connectivity index is 2.51. The topological polar surface area (TPSA) is 46.5 Å². The SMILES string of the molecule is COc1cccc2c1SC(C)C2C(=O)O.